The third-order valence-electron chi connectivity index (χ3n) is 3.77. The minimum absolute atomic E-state index is 0.668. The number of hydrogen-bond donors (Lipinski definition) is 1. The van der Waals surface area contributed by atoms with Crippen LogP contribution in [-0.2, 0) is 12.2 Å². The van der Waals surface area contributed by atoms with Crippen LogP contribution in [0.5, 0.6) is 0 Å². The summed E-state index contributed by atoms with van der Waals surface area (Å²) in [6.07, 6.45) is 1.03. The van der Waals surface area contributed by atoms with E-state index in [1.54, 1.807) is 11.3 Å². The minimum atomic E-state index is 0.668. The van der Waals surface area contributed by atoms with Gasteiger partial charge in [0.2, 0.25) is 5.16 Å². The van der Waals surface area contributed by atoms with Gasteiger partial charge in [-0.3, -0.25) is 5.10 Å². The average molecular weight is 368 g/mol. The lowest BCUT2D eigenvalue weighted by Crippen LogP contribution is -1.83. The number of H-pyrrole nitrogens is 1. The predicted octanol–water partition coefficient (Wildman–Crippen LogP) is 5.04. The maximum atomic E-state index is 5.39. The second-order valence-corrected chi connectivity index (χ2v) is 7.36. The smallest absolute Gasteiger partial charge is 0.209 e. The molecule has 1 aromatic carbocycles. The van der Waals surface area contributed by atoms with Crippen LogP contribution < -0.4 is 0 Å². The normalized spacial score (nSPS) is 11.1. The Morgan fingerprint density at radius 1 is 1.20 bits per heavy atom. The van der Waals surface area contributed by atoms with Crippen LogP contribution in [0.3, 0.4) is 0 Å². The van der Waals surface area contributed by atoms with E-state index in [1.807, 2.05) is 23.6 Å². The van der Waals surface area contributed by atoms with Crippen molar-refractivity contribution in [1.29, 1.82) is 0 Å². The van der Waals surface area contributed by atoms with Gasteiger partial charge in [-0.2, -0.15) is 0 Å². The highest BCUT2D eigenvalue weighted by Crippen LogP contribution is 2.28. The molecule has 0 saturated heterocycles. The third kappa shape index (κ3) is 3.67. The molecule has 0 spiro atoms. The van der Waals surface area contributed by atoms with E-state index in [0.29, 0.717) is 10.9 Å². The molecule has 0 atom stereocenters. The van der Waals surface area contributed by atoms with Crippen molar-refractivity contribution in [2.24, 2.45) is 0 Å². The highest BCUT2D eigenvalue weighted by molar-refractivity contribution is 7.98. The van der Waals surface area contributed by atoms with Gasteiger partial charge >= 0.3 is 0 Å². The monoisotopic (exact) mass is 368 g/mol. The molecule has 3 aromatic heterocycles. The topological polar surface area (TPSA) is 67.6 Å². The quantitative estimate of drug-likeness (QED) is 0.483. The first-order valence-electron chi connectivity index (χ1n) is 7.96. The molecule has 3 heterocycles. The molecule has 4 aromatic rings. The highest BCUT2D eigenvalue weighted by Gasteiger charge is 2.10. The standard InChI is InChI=1S/C18H16N4OS2/c1-2-12-5-7-13(8-6-12)17-19-18(21-20-17)25-11-14-10-15(23-22-14)16-4-3-9-24-16/h3-10H,2,11H2,1H3,(H,19,20,21). The van der Waals surface area contributed by atoms with E-state index in [2.05, 4.69) is 51.5 Å². The van der Waals surface area contributed by atoms with E-state index < -0.39 is 0 Å². The largest absolute Gasteiger partial charge is 0.355 e. The number of hydrogen-bond acceptors (Lipinski definition) is 6. The van der Waals surface area contributed by atoms with Crippen LogP contribution >= 0.6 is 23.1 Å². The highest BCUT2D eigenvalue weighted by atomic mass is 32.2. The maximum Gasteiger partial charge on any atom is 0.209 e. The fourth-order valence-corrected chi connectivity index (χ4v) is 3.74. The summed E-state index contributed by atoms with van der Waals surface area (Å²) in [7, 11) is 0. The van der Waals surface area contributed by atoms with Gasteiger partial charge in [-0.1, -0.05) is 54.2 Å². The number of nitrogens with zero attached hydrogens (tertiary/aromatic N) is 3. The van der Waals surface area contributed by atoms with E-state index in [9.17, 15) is 0 Å². The number of aryl methyl sites for hydroxylation is 1. The van der Waals surface area contributed by atoms with Crippen LogP contribution in [-0.4, -0.2) is 20.3 Å². The fraction of sp³-hybridized carbons (Fsp3) is 0.167. The van der Waals surface area contributed by atoms with Gasteiger partial charge in [0.1, 0.15) is 0 Å². The number of nitrogens with one attached hydrogen (secondary N) is 1. The van der Waals surface area contributed by atoms with Gasteiger partial charge in [0, 0.05) is 17.4 Å². The molecule has 7 heteroatoms. The molecular weight excluding hydrogens is 352 g/mol. The van der Waals surface area contributed by atoms with Gasteiger partial charge in [-0.05, 0) is 23.4 Å². The van der Waals surface area contributed by atoms with Crippen molar-refractivity contribution < 1.29 is 4.52 Å². The molecule has 1 N–H and O–H groups in total. The number of thiophene rings is 1. The fourth-order valence-electron chi connectivity index (χ4n) is 2.39. The summed E-state index contributed by atoms with van der Waals surface area (Å²) in [5.41, 5.74) is 3.23. The van der Waals surface area contributed by atoms with Crippen LogP contribution in [0.2, 0.25) is 0 Å². The van der Waals surface area contributed by atoms with Gasteiger partial charge in [0.15, 0.2) is 11.6 Å². The SMILES string of the molecule is CCc1ccc(-c2nc(SCc3cc(-c4cccs4)on3)n[nH]2)cc1. The minimum Gasteiger partial charge on any atom is -0.355 e. The van der Waals surface area contributed by atoms with Crippen molar-refractivity contribution in [2.75, 3.05) is 0 Å². The summed E-state index contributed by atoms with van der Waals surface area (Å²) in [6.45, 7) is 2.14. The first kappa shape index (κ1) is 16.1. The molecule has 25 heavy (non-hydrogen) atoms. The Labute approximate surface area is 153 Å². The Morgan fingerprint density at radius 3 is 2.84 bits per heavy atom. The molecule has 0 bridgehead atoms. The summed E-state index contributed by atoms with van der Waals surface area (Å²) < 4.78 is 5.39. The van der Waals surface area contributed by atoms with Crippen molar-refractivity contribution >= 4 is 23.1 Å². The average Bonchev–Trinajstić information content (AvgIpc) is 3.41. The molecule has 0 aliphatic carbocycles. The zero-order chi connectivity index (χ0) is 17.1. The van der Waals surface area contributed by atoms with E-state index in [1.165, 1.54) is 17.3 Å². The summed E-state index contributed by atoms with van der Waals surface area (Å²) in [6, 6.07) is 14.4. The van der Waals surface area contributed by atoms with Crippen molar-refractivity contribution in [1.82, 2.24) is 20.3 Å². The predicted molar refractivity (Wildman–Crippen MR) is 101 cm³/mol. The van der Waals surface area contributed by atoms with Gasteiger partial charge < -0.3 is 4.52 Å². The van der Waals surface area contributed by atoms with Crippen molar-refractivity contribution in [3.8, 4) is 22.0 Å². The van der Waals surface area contributed by atoms with Crippen molar-refractivity contribution in [2.45, 2.75) is 24.3 Å². The lowest BCUT2D eigenvalue weighted by molar-refractivity contribution is 0.427. The number of benzene rings is 1. The summed E-state index contributed by atoms with van der Waals surface area (Å²) in [5.74, 6) is 2.25. The molecule has 4 rings (SSSR count). The molecular formula is C18H16N4OS2. The first-order valence-corrected chi connectivity index (χ1v) is 9.82. The number of thioether (sulfide) groups is 1. The number of rotatable bonds is 6. The van der Waals surface area contributed by atoms with Gasteiger partial charge in [-0.15, -0.1) is 16.4 Å². The van der Waals surface area contributed by atoms with Crippen molar-refractivity contribution in [3.05, 3.63) is 59.1 Å². The Bertz CT molecular complexity index is 942. The van der Waals surface area contributed by atoms with Crippen LogP contribution in [0, 0.1) is 0 Å². The summed E-state index contributed by atoms with van der Waals surface area (Å²) in [4.78, 5) is 5.63. The summed E-state index contributed by atoms with van der Waals surface area (Å²) >= 11 is 3.17. The zero-order valence-corrected chi connectivity index (χ0v) is 15.2. The molecule has 0 aliphatic rings. The molecule has 0 radical (unpaired) electrons. The number of aromatic amines is 1. The first-order chi connectivity index (χ1) is 12.3. The van der Waals surface area contributed by atoms with E-state index in [0.717, 1.165) is 34.1 Å². The zero-order valence-electron chi connectivity index (χ0n) is 13.6. The molecule has 0 fully saturated rings. The van der Waals surface area contributed by atoms with E-state index in [4.69, 9.17) is 4.52 Å². The van der Waals surface area contributed by atoms with Gasteiger partial charge in [-0.25, -0.2) is 4.98 Å². The number of aromatic nitrogens is 4. The van der Waals surface area contributed by atoms with E-state index in [-0.39, 0.29) is 0 Å². The second kappa shape index (κ2) is 7.25. The molecule has 5 nitrogen and oxygen atoms in total. The maximum absolute atomic E-state index is 5.39. The Morgan fingerprint density at radius 2 is 2.08 bits per heavy atom. The third-order valence-corrected chi connectivity index (χ3v) is 5.54. The lowest BCUT2D eigenvalue weighted by atomic mass is 10.1. The van der Waals surface area contributed by atoms with Crippen LogP contribution in [0.25, 0.3) is 22.0 Å². The lowest BCUT2D eigenvalue weighted by Gasteiger charge is -1.98. The molecule has 0 amide bonds. The van der Waals surface area contributed by atoms with Crippen LogP contribution in [0.4, 0.5) is 0 Å². The molecule has 0 unspecified atom stereocenters. The van der Waals surface area contributed by atoms with Crippen molar-refractivity contribution in [3.63, 3.8) is 0 Å². The van der Waals surface area contributed by atoms with Crippen LogP contribution in [0.1, 0.15) is 18.2 Å². The Kier molecular flexibility index (Phi) is 4.67. The Balaban J connectivity index is 1.41. The molecule has 0 saturated carbocycles. The molecule has 126 valence electrons. The van der Waals surface area contributed by atoms with Gasteiger partial charge in [0.05, 0.1) is 10.6 Å². The van der Waals surface area contributed by atoms with Gasteiger partial charge in [0.25, 0.3) is 0 Å². The Hall–Kier alpha value is -2.38. The molecule has 0 aliphatic heterocycles. The summed E-state index contributed by atoms with van der Waals surface area (Å²) in [5, 5.41) is 14.1. The van der Waals surface area contributed by atoms with Crippen LogP contribution in [0.15, 0.2) is 57.5 Å². The second-order valence-electron chi connectivity index (χ2n) is 5.47. The van der Waals surface area contributed by atoms with E-state index >= 15 is 0 Å².